The number of aryl methyl sites for hydroxylation is 2. The van der Waals surface area contributed by atoms with Gasteiger partial charge in [-0.25, -0.2) is 5.43 Å². The van der Waals surface area contributed by atoms with Crippen LogP contribution in [0.4, 0.5) is 5.69 Å². The van der Waals surface area contributed by atoms with Crippen LogP contribution in [0.1, 0.15) is 50.8 Å². The van der Waals surface area contributed by atoms with Gasteiger partial charge in [0.15, 0.2) is 0 Å². The number of carbonyl (C=O) groups excluding carboxylic acids is 1. The summed E-state index contributed by atoms with van der Waals surface area (Å²) in [5, 5.41) is 21.5. The maximum Gasteiger partial charge on any atom is 0.240 e. The quantitative estimate of drug-likeness (QED) is 0.406. The van der Waals surface area contributed by atoms with E-state index in [2.05, 4.69) is 54.1 Å². The zero-order valence-corrected chi connectivity index (χ0v) is 20.9. The zero-order valence-electron chi connectivity index (χ0n) is 20.9. The first-order valence-electron chi connectivity index (χ1n) is 12.0. The largest absolute Gasteiger partial charge is 0.491 e. The third-order valence-corrected chi connectivity index (χ3v) is 6.08. The maximum absolute atomic E-state index is 11.5. The molecule has 0 radical (unpaired) electrons. The summed E-state index contributed by atoms with van der Waals surface area (Å²) in [6.45, 7) is 11.7. The number of nitrogens with zero attached hydrogens (tertiary/aromatic N) is 1. The number of ether oxygens (including phenoxy) is 1. The van der Waals surface area contributed by atoms with Crippen LogP contribution in [0.5, 0.6) is 5.75 Å². The number of rotatable bonds is 11. The van der Waals surface area contributed by atoms with Crippen molar-refractivity contribution in [2.24, 2.45) is 11.0 Å². The van der Waals surface area contributed by atoms with E-state index in [1.807, 2.05) is 44.2 Å². The Labute approximate surface area is 203 Å². The minimum Gasteiger partial charge on any atom is -0.491 e. The number of β-amino-alcohol motifs (C(OH)–C–C–N with tert-alkyl or cyclic N) is 1. The van der Waals surface area contributed by atoms with Gasteiger partial charge in [0.1, 0.15) is 18.5 Å². The van der Waals surface area contributed by atoms with Crippen molar-refractivity contribution in [2.75, 3.05) is 25.0 Å². The van der Waals surface area contributed by atoms with Crippen molar-refractivity contribution in [1.29, 1.82) is 0 Å². The first kappa shape index (κ1) is 25.7. The molecule has 1 heterocycles. The summed E-state index contributed by atoms with van der Waals surface area (Å²) in [4.78, 5) is 11.5. The molecule has 0 aliphatic carbocycles. The molecule has 184 valence electrons. The van der Waals surface area contributed by atoms with Gasteiger partial charge in [-0.05, 0) is 62.1 Å². The van der Waals surface area contributed by atoms with Gasteiger partial charge in [-0.2, -0.15) is 5.10 Å². The van der Waals surface area contributed by atoms with Crippen LogP contribution >= 0.6 is 0 Å². The number of nitrogens with one attached hydrogen (secondary N) is 3. The number of aliphatic hydroxyl groups is 1. The van der Waals surface area contributed by atoms with Gasteiger partial charge in [-0.15, -0.1) is 0 Å². The maximum atomic E-state index is 11.5. The number of hydrazone groups is 1. The molecule has 1 aliphatic rings. The lowest BCUT2D eigenvalue weighted by atomic mass is 9.94. The fraction of sp³-hybridized carbons (Fsp3) is 0.481. The molecule has 34 heavy (non-hydrogen) atoms. The number of carbonyl (C=O) groups is 1. The Morgan fingerprint density at radius 2 is 1.97 bits per heavy atom. The van der Waals surface area contributed by atoms with E-state index in [9.17, 15) is 9.90 Å². The first-order valence-corrected chi connectivity index (χ1v) is 12.0. The van der Waals surface area contributed by atoms with Gasteiger partial charge in [0.05, 0.1) is 5.71 Å². The van der Waals surface area contributed by atoms with E-state index in [4.69, 9.17) is 4.74 Å². The Balaban J connectivity index is 1.44. The van der Waals surface area contributed by atoms with Gasteiger partial charge >= 0.3 is 0 Å². The average molecular weight is 467 g/mol. The van der Waals surface area contributed by atoms with E-state index >= 15 is 0 Å². The van der Waals surface area contributed by atoms with Crippen molar-refractivity contribution < 1.29 is 14.6 Å². The Morgan fingerprint density at radius 1 is 1.24 bits per heavy atom. The lowest BCUT2D eigenvalue weighted by Gasteiger charge is -2.28. The standard InChI is InChI=1S/C27H38N4O3/c1-6-20-8-7-18(2)24(14-20)34-16-23(32)15-29-27(4,5)17-28-22-11-9-21(10-12-22)26-19(3)13-25(33)30-31-26/h7-12,14,19,23,28-29,32H,6,13,15-17H2,1-5H3,(H,30,33)/t19-,23+/m1/s1. The molecule has 0 aromatic heterocycles. The third-order valence-electron chi connectivity index (χ3n) is 6.08. The number of anilines is 1. The molecule has 1 amide bonds. The molecule has 7 nitrogen and oxygen atoms in total. The van der Waals surface area contributed by atoms with Crippen LogP contribution in [-0.2, 0) is 11.2 Å². The number of amides is 1. The molecule has 0 fully saturated rings. The summed E-state index contributed by atoms with van der Waals surface area (Å²) < 4.78 is 5.87. The van der Waals surface area contributed by atoms with Crippen molar-refractivity contribution >= 4 is 17.3 Å². The fourth-order valence-corrected chi connectivity index (χ4v) is 3.81. The summed E-state index contributed by atoms with van der Waals surface area (Å²) >= 11 is 0. The van der Waals surface area contributed by atoms with Gasteiger partial charge < -0.3 is 20.5 Å². The predicted octanol–water partition coefficient (Wildman–Crippen LogP) is 3.64. The van der Waals surface area contributed by atoms with E-state index in [-0.39, 0.29) is 24.0 Å². The second-order valence-corrected chi connectivity index (χ2v) is 9.75. The van der Waals surface area contributed by atoms with Crippen molar-refractivity contribution in [3.8, 4) is 5.75 Å². The summed E-state index contributed by atoms with van der Waals surface area (Å²) in [7, 11) is 0. The van der Waals surface area contributed by atoms with Crippen molar-refractivity contribution in [3.63, 3.8) is 0 Å². The van der Waals surface area contributed by atoms with E-state index in [0.717, 1.165) is 34.7 Å². The van der Waals surface area contributed by atoms with Crippen molar-refractivity contribution in [2.45, 2.75) is 59.1 Å². The molecular weight excluding hydrogens is 428 g/mol. The Hall–Kier alpha value is -2.90. The van der Waals surface area contributed by atoms with Crippen LogP contribution < -0.4 is 20.8 Å². The Morgan fingerprint density at radius 3 is 2.65 bits per heavy atom. The van der Waals surface area contributed by atoms with E-state index in [0.29, 0.717) is 19.5 Å². The van der Waals surface area contributed by atoms with Crippen LogP contribution in [0.2, 0.25) is 0 Å². The van der Waals surface area contributed by atoms with Crippen LogP contribution in [-0.4, -0.2) is 48.1 Å². The van der Waals surface area contributed by atoms with Crippen molar-refractivity contribution in [3.05, 3.63) is 59.2 Å². The summed E-state index contributed by atoms with van der Waals surface area (Å²) in [6.07, 6.45) is 0.804. The number of hydrogen-bond donors (Lipinski definition) is 4. The molecule has 4 N–H and O–H groups in total. The Bertz CT molecular complexity index is 1000. The highest BCUT2D eigenvalue weighted by Gasteiger charge is 2.22. The number of aliphatic hydroxyl groups excluding tert-OH is 1. The molecule has 0 unspecified atom stereocenters. The van der Waals surface area contributed by atoms with E-state index in [1.54, 1.807) is 0 Å². The van der Waals surface area contributed by atoms with E-state index < -0.39 is 6.10 Å². The molecule has 2 aromatic carbocycles. The molecule has 0 saturated heterocycles. The second kappa shape index (κ2) is 11.5. The number of benzene rings is 2. The van der Waals surface area contributed by atoms with Gasteiger partial charge in [0.2, 0.25) is 5.91 Å². The fourth-order valence-electron chi connectivity index (χ4n) is 3.81. The molecule has 0 spiro atoms. The zero-order chi connectivity index (χ0) is 24.7. The summed E-state index contributed by atoms with van der Waals surface area (Å²) in [5.41, 5.74) is 7.55. The lowest BCUT2D eigenvalue weighted by molar-refractivity contribution is -0.121. The third kappa shape index (κ3) is 7.30. The van der Waals surface area contributed by atoms with E-state index in [1.165, 1.54) is 5.56 Å². The van der Waals surface area contributed by atoms with Gasteiger partial charge in [-0.3, -0.25) is 4.79 Å². The van der Waals surface area contributed by atoms with Crippen LogP contribution in [0.15, 0.2) is 47.6 Å². The molecule has 1 aliphatic heterocycles. The normalized spacial score (nSPS) is 17.1. The molecule has 0 bridgehead atoms. The van der Waals surface area contributed by atoms with Crippen molar-refractivity contribution in [1.82, 2.24) is 10.7 Å². The van der Waals surface area contributed by atoms with Gasteiger partial charge in [0, 0.05) is 36.7 Å². The lowest BCUT2D eigenvalue weighted by Crippen LogP contribution is -2.49. The first-order chi connectivity index (χ1) is 16.2. The predicted molar refractivity (Wildman–Crippen MR) is 138 cm³/mol. The highest BCUT2D eigenvalue weighted by molar-refractivity contribution is 6.05. The molecule has 0 saturated carbocycles. The minimum absolute atomic E-state index is 0.0400. The summed E-state index contributed by atoms with van der Waals surface area (Å²) in [6, 6.07) is 14.3. The van der Waals surface area contributed by atoms with Crippen LogP contribution in [0.3, 0.4) is 0 Å². The molecule has 7 heteroatoms. The summed E-state index contributed by atoms with van der Waals surface area (Å²) in [5.74, 6) is 0.895. The van der Waals surface area contributed by atoms with Gasteiger partial charge in [0.25, 0.3) is 0 Å². The molecule has 2 atom stereocenters. The SMILES string of the molecule is CCc1ccc(C)c(OC[C@@H](O)CNC(C)(C)CNc2ccc(C3=NNC(=O)C[C@H]3C)cc2)c1. The van der Waals surface area contributed by atoms with Crippen LogP contribution in [0, 0.1) is 12.8 Å². The topological polar surface area (TPSA) is 95.0 Å². The highest BCUT2D eigenvalue weighted by atomic mass is 16.5. The van der Waals surface area contributed by atoms with Crippen LogP contribution in [0.25, 0.3) is 0 Å². The molecular formula is C27H38N4O3. The molecule has 3 rings (SSSR count). The smallest absolute Gasteiger partial charge is 0.240 e. The second-order valence-electron chi connectivity index (χ2n) is 9.75. The minimum atomic E-state index is -0.609. The highest BCUT2D eigenvalue weighted by Crippen LogP contribution is 2.21. The average Bonchev–Trinajstić information content (AvgIpc) is 2.81. The van der Waals surface area contributed by atoms with Gasteiger partial charge in [-0.1, -0.05) is 38.1 Å². The molecule has 2 aromatic rings. The monoisotopic (exact) mass is 466 g/mol. The number of hydrogen-bond acceptors (Lipinski definition) is 6. The Kier molecular flexibility index (Phi) is 8.69.